The number of nitrogens with zero attached hydrogens (tertiary/aromatic N) is 1. The molecular weight excluding hydrogens is 240 g/mol. The highest BCUT2D eigenvalue weighted by atomic mass is 32.1. The van der Waals surface area contributed by atoms with Crippen molar-refractivity contribution in [2.75, 3.05) is 0 Å². The molecule has 0 spiro atoms. The number of benzene rings is 1. The van der Waals surface area contributed by atoms with Crippen molar-refractivity contribution < 1.29 is 0 Å². The Bertz CT molecular complexity index is 529. The van der Waals surface area contributed by atoms with E-state index in [2.05, 4.69) is 47.7 Å². The predicted molar refractivity (Wildman–Crippen MR) is 76.0 cm³/mol. The van der Waals surface area contributed by atoms with Crippen molar-refractivity contribution in [1.29, 1.82) is 0 Å². The number of hydrogen-bond acceptors (Lipinski definition) is 3. The van der Waals surface area contributed by atoms with E-state index in [0.29, 0.717) is 6.04 Å². The summed E-state index contributed by atoms with van der Waals surface area (Å²) >= 11 is 1.73. The SMILES string of the molecule is Cc1ccc(C(NC2CC2)c2nccs2)c(C)c1. The van der Waals surface area contributed by atoms with Crippen LogP contribution >= 0.6 is 11.3 Å². The minimum Gasteiger partial charge on any atom is -0.301 e. The highest BCUT2D eigenvalue weighted by Crippen LogP contribution is 2.31. The third kappa shape index (κ3) is 2.47. The number of aryl methyl sites for hydroxylation is 2. The lowest BCUT2D eigenvalue weighted by molar-refractivity contribution is 0.595. The average Bonchev–Trinajstić information content (AvgIpc) is 3.00. The summed E-state index contributed by atoms with van der Waals surface area (Å²) in [6, 6.07) is 7.63. The molecule has 94 valence electrons. The van der Waals surface area contributed by atoms with Crippen LogP contribution in [-0.4, -0.2) is 11.0 Å². The lowest BCUT2D eigenvalue weighted by atomic mass is 9.99. The van der Waals surface area contributed by atoms with Gasteiger partial charge in [-0.1, -0.05) is 23.8 Å². The van der Waals surface area contributed by atoms with E-state index >= 15 is 0 Å². The monoisotopic (exact) mass is 258 g/mol. The summed E-state index contributed by atoms with van der Waals surface area (Å²) in [7, 11) is 0. The Hall–Kier alpha value is -1.19. The molecule has 0 saturated heterocycles. The van der Waals surface area contributed by atoms with Gasteiger partial charge in [-0.25, -0.2) is 4.98 Å². The second-order valence-corrected chi connectivity index (χ2v) is 6.03. The van der Waals surface area contributed by atoms with E-state index in [1.807, 2.05) is 6.20 Å². The van der Waals surface area contributed by atoms with Crippen molar-refractivity contribution >= 4 is 11.3 Å². The minimum absolute atomic E-state index is 0.262. The predicted octanol–water partition coefficient (Wildman–Crippen LogP) is 3.60. The van der Waals surface area contributed by atoms with Crippen molar-refractivity contribution in [2.45, 2.75) is 38.8 Å². The fraction of sp³-hybridized carbons (Fsp3) is 0.400. The van der Waals surface area contributed by atoms with Gasteiger partial charge in [0.2, 0.25) is 0 Å². The highest BCUT2D eigenvalue weighted by molar-refractivity contribution is 7.09. The molecule has 1 N–H and O–H groups in total. The standard InChI is InChI=1S/C15H18N2S/c1-10-3-6-13(11(2)9-10)14(17-12-4-5-12)15-16-7-8-18-15/h3,6-9,12,14,17H,4-5H2,1-2H3. The van der Waals surface area contributed by atoms with Gasteiger partial charge in [0.25, 0.3) is 0 Å². The van der Waals surface area contributed by atoms with Crippen molar-refractivity contribution in [3.63, 3.8) is 0 Å². The summed E-state index contributed by atoms with van der Waals surface area (Å²) in [6.07, 6.45) is 4.49. The van der Waals surface area contributed by atoms with Gasteiger partial charge in [-0.2, -0.15) is 0 Å². The van der Waals surface area contributed by atoms with Gasteiger partial charge in [-0.15, -0.1) is 11.3 Å². The molecule has 3 rings (SSSR count). The van der Waals surface area contributed by atoms with Gasteiger partial charge in [0, 0.05) is 17.6 Å². The summed E-state index contributed by atoms with van der Waals surface area (Å²) in [5, 5.41) is 6.95. The van der Waals surface area contributed by atoms with Crippen molar-refractivity contribution in [3.05, 3.63) is 51.5 Å². The molecule has 3 heteroatoms. The Kier molecular flexibility index (Phi) is 3.18. The maximum Gasteiger partial charge on any atom is 0.114 e. The second-order valence-electron chi connectivity index (χ2n) is 5.10. The molecule has 1 atom stereocenters. The van der Waals surface area contributed by atoms with E-state index in [1.54, 1.807) is 11.3 Å². The van der Waals surface area contributed by atoms with Crippen LogP contribution in [0.25, 0.3) is 0 Å². The fourth-order valence-electron chi connectivity index (χ4n) is 2.31. The summed E-state index contributed by atoms with van der Waals surface area (Å²) in [6.45, 7) is 4.33. The van der Waals surface area contributed by atoms with E-state index in [0.717, 1.165) is 0 Å². The molecule has 0 amide bonds. The highest BCUT2D eigenvalue weighted by Gasteiger charge is 2.28. The van der Waals surface area contributed by atoms with Crippen LogP contribution in [0.15, 0.2) is 29.8 Å². The van der Waals surface area contributed by atoms with Crippen molar-refractivity contribution in [2.24, 2.45) is 0 Å². The first-order valence-corrected chi connectivity index (χ1v) is 7.34. The third-order valence-corrected chi connectivity index (χ3v) is 4.25. The van der Waals surface area contributed by atoms with E-state index in [4.69, 9.17) is 0 Å². The van der Waals surface area contributed by atoms with Crippen LogP contribution < -0.4 is 5.32 Å². The van der Waals surface area contributed by atoms with Gasteiger partial charge >= 0.3 is 0 Å². The summed E-state index contributed by atoms with van der Waals surface area (Å²) in [5.74, 6) is 0. The average molecular weight is 258 g/mol. The molecule has 1 aliphatic carbocycles. The van der Waals surface area contributed by atoms with Gasteiger partial charge in [-0.05, 0) is 37.8 Å². The van der Waals surface area contributed by atoms with Gasteiger partial charge in [0.05, 0.1) is 6.04 Å². The van der Waals surface area contributed by atoms with Crippen LogP contribution in [0.4, 0.5) is 0 Å². The van der Waals surface area contributed by atoms with Gasteiger partial charge in [-0.3, -0.25) is 0 Å². The second kappa shape index (κ2) is 4.82. The van der Waals surface area contributed by atoms with Crippen molar-refractivity contribution in [1.82, 2.24) is 10.3 Å². The van der Waals surface area contributed by atoms with Gasteiger partial charge in [0.1, 0.15) is 5.01 Å². The first-order chi connectivity index (χ1) is 8.74. The molecule has 0 bridgehead atoms. The number of thiazole rings is 1. The Labute approximate surface area is 112 Å². The molecule has 2 aromatic rings. The van der Waals surface area contributed by atoms with Crippen LogP contribution in [0.3, 0.4) is 0 Å². The molecule has 18 heavy (non-hydrogen) atoms. The molecule has 1 aliphatic rings. The van der Waals surface area contributed by atoms with Gasteiger partial charge < -0.3 is 5.32 Å². The number of nitrogens with one attached hydrogen (secondary N) is 1. The Morgan fingerprint density at radius 2 is 2.17 bits per heavy atom. The molecule has 1 fully saturated rings. The first kappa shape index (κ1) is 11.9. The Balaban J connectivity index is 1.96. The topological polar surface area (TPSA) is 24.9 Å². The maximum absolute atomic E-state index is 4.49. The lowest BCUT2D eigenvalue weighted by Gasteiger charge is -2.19. The van der Waals surface area contributed by atoms with E-state index in [1.165, 1.54) is 34.5 Å². The number of rotatable bonds is 4. The zero-order valence-corrected chi connectivity index (χ0v) is 11.6. The molecule has 1 aromatic heterocycles. The molecule has 1 aromatic carbocycles. The molecule has 1 heterocycles. The number of hydrogen-bond donors (Lipinski definition) is 1. The Morgan fingerprint density at radius 1 is 1.33 bits per heavy atom. The quantitative estimate of drug-likeness (QED) is 0.906. The smallest absolute Gasteiger partial charge is 0.114 e. The zero-order chi connectivity index (χ0) is 12.5. The summed E-state index contributed by atoms with van der Waals surface area (Å²) in [4.78, 5) is 4.49. The Morgan fingerprint density at radius 3 is 2.78 bits per heavy atom. The summed E-state index contributed by atoms with van der Waals surface area (Å²) < 4.78 is 0. The molecule has 0 aliphatic heterocycles. The van der Waals surface area contributed by atoms with Gasteiger partial charge in [0.15, 0.2) is 0 Å². The van der Waals surface area contributed by atoms with Crippen LogP contribution in [0.5, 0.6) is 0 Å². The minimum atomic E-state index is 0.262. The fourth-order valence-corrected chi connectivity index (χ4v) is 3.02. The van der Waals surface area contributed by atoms with E-state index < -0.39 is 0 Å². The normalized spacial score (nSPS) is 16.8. The summed E-state index contributed by atoms with van der Waals surface area (Å²) in [5.41, 5.74) is 4.03. The molecule has 1 saturated carbocycles. The molecule has 2 nitrogen and oxygen atoms in total. The molecule has 0 radical (unpaired) electrons. The third-order valence-electron chi connectivity index (χ3n) is 3.41. The molecule has 1 unspecified atom stereocenters. The zero-order valence-electron chi connectivity index (χ0n) is 10.8. The van der Waals surface area contributed by atoms with Crippen LogP contribution in [0.2, 0.25) is 0 Å². The number of aromatic nitrogens is 1. The van der Waals surface area contributed by atoms with E-state index in [9.17, 15) is 0 Å². The lowest BCUT2D eigenvalue weighted by Crippen LogP contribution is -2.25. The first-order valence-electron chi connectivity index (χ1n) is 6.46. The van der Waals surface area contributed by atoms with Crippen LogP contribution in [0, 0.1) is 13.8 Å². The largest absolute Gasteiger partial charge is 0.301 e. The van der Waals surface area contributed by atoms with Crippen molar-refractivity contribution in [3.8, 4) is 0 Å². The van der Waals surface area contributed by atoms with Crippen LogP contribution in [0.1, 0.15) is 40.6 Å². The van der Waals surface area contributed by atoms with Crippen LogP contribution in [-0.2, 0) is 0 Å². The molecular formula is C15H18N2S. The maximum atomic E-state index is 4.49. The van der Waals surface area contributed by atoms with E-state index in [-0.39, 0.29) is 6.04 Å².